The molecule has 5 aromatic rings. The van der Waals surface area contributed by atoms with Gasteiger partial charge in [0.05, 0.1) is 17.6 Å². The molecule has 6 heteroatoms. The van der Waals surface area contributed by atoms with Crippen LogP contribution in [0.2, 0.25) is 0 Å². The maximum absolute atomic E-state index is 12.1. The van der Waals surface area contributed by atoms with Crippen LogP contribution in [0.25, 0.3) is 11.3 Å². The minimum absolute atomic E-state index is 0.328. The van der Waals surface area contributed by atoms with Gasteiger partial charge in [-0.15, -0.1) is 0 Å². The molecule has 0 aliphatic heterocycles. The molecule has 0 saturated heterocycles. The molecule has 0 saturated carbocycles. The van der Waals surface area contributed by atoms with Crippen molar-refractivity contribution in [3.8, 4) is 17.0 Å². The standard InChI is InChI=1S/C33H29N3O3/c37-33(38)30(21-25-12-6-2-7-13-25)36-32-29(20-24-10-4-1-5-11-24)35-31(22-34-32)27-16-18-28(19-17-27)39-23-26-14-8-3-9-15-26/h1-19,22,30H,20-21,23H2,(H,34,36)(H,37,38). The zero-order valence-electron chi connectivity index (χ0n) is 21.4. The molecule has 0 bridgehead atoms. The van der Waals surface area contributed by atoms with Crippen molar-refractivity contribution in [2.24, 2.45) is 0 Å². The molecule has 1 unspecified atom stereocenters. The molecule has 5 rings (SSSR count). The largest absolute Gasteiger partial charge is 0.489 e. The van der Waals surface area contributed by atoms with Crippen LogP contribution in [-0.4, -0.2) is 27.1 Å². The lowest BCUT2D eigenvalue weighted by atomic mass is 10.1. The predicted molar refractivity (Wildman–Crippen MR) is 153 cm³/mol. The first-order valence-electron chi connectivity index (χ1n) is 12.8. The monoisotopic (exact) mass is 515 g/mol. The van der Waals surface area contributed by atoms with Crippen LogP contribution in [0.15, 0.2) is 121 Å². The Bertz CT molecular complexity index is 1490. The number of carbonyl (C=O) groups is 1. The first-order valence-corrected chi connectivity index (χ1v) is 12.8. The van der Waals surface area contributed by atoms with Crippen LogP contribution in [-0.2, 0) is 24.2 Å². The van der Waals surface area contributed by atoms with E-state index in [0.717, 1.165) is 28.0 Å². The van der Waals surface area contributed by atoms with E-state index in [-0.39, 0.29) is 0 Å². The van der Waals surface area contributed by atoms with Crippen molar-refractivity contribution in [2.45, 2.75) is 25.5 Å². The number of aromatic nitrogens is 2. The Morgan fingerprint density at radius 3 is 1.97 bits per heavy atom. The summed E-state index contributed by atoms with van der Waals surface area (Å²) < 4.78 is 5.92. The Morgan fingerprint density at radius 1 is 0.769 bits per heavy atom. The van der Waals surface area contributed by atoms with Gasteiger partial charge in [0.25, 0.3) is 0 Å². The normalized spacial score (nSPS) is 11.5. The molecule has 6 nitrogen and oxygen atoms in total. The number of aliphatic carboxylic acids is 1. The van der Waals surface area contributed by atoms with E-state index < -0.39 is 12.0 Å². The summed E-state index contributed by atoms with van der Waals surface area (Å²) in [5.74, 6) is 0.291. The summed E-state index contributed by atoms with van der Waals surface area (Å²) in [7, 11) is 0. The third-order valence-corrected chi connectivity index (χ3v) is 6.35. The van der Waals surface area contributed by atoms with Crippen LogP contribution in [0.3, 0.4) is 0 Å². The minimum Gasteiger partial charge on any atom is -0.489 e. The quantitative estimate of drug-likeness (QED) is 0.211. The number of carboxylic acid groups (broad SMARTS) is 1. The summed E-state index contributed by atoms with van der Waals surface area (Å²) in [4.78, 5) is 21.7. The molecule has 1 aromatic heterocycles. The number of hydrogen-bond acceptors (Lipinski definition) is 5. The van der Waals surface area contributed by atoms with Gasteiger partial charge in [0, 0.05) is 18.4 Å². The number of anilines is 1. The smallest absolute Gasteiger partial charge is 0.326 e. The Hall–Kier alpha value is -4.97. The van der Waals surface area contributed by atoms with Gasteiger partial charge in [0.2, 0.25) is 0 Å². The molecule has 0 aliphatic carbocycles. The van der Waals surface area contributed by atoms with Gasteiger partial charge in [-0.25, -0.2) is 14.8 Å². The highest BCUT2D eigenvalue weighted by molar-refractivity contribution is 5.77. The van der Waals surface area contributed by atoms with Gasteiger partial charge >= 0.3 is 5.97 Å². The highest BCUT2D eigenvalue weighted by Crippen LogP contribution is 2.25. The Morgan fingerprint density at radius 2 is 1.36 bits per heavy atom. The van der Waals surface area contributed by atoms with Gasteiger partial charge < -0.3 is 15.2 Å². The summed E-state index contributed by atoms with van der Waals surface area (Å²) >= 11 is 0. The number of ether oxygens (including phenoxy) is 1. The predicted octanol–water partition coefficient (Wildman–Crippen LogP) is 6.42. The summed E-state index contributed by atoms with van der Waals surface area (Å²) in [5.41, 5.74) is 5.38. The number of hydrogen-bond donors (Lipinski definition) is 2. The van der Waals surface area contributed by atoms with Crippen molar-refractivity contribution >= 4 is 11.8 Å². The number of nitrogens with one attached hydrogen (secondary N) is 1. The van der Waals surface area contributed by atoms with Crippen LogP contribution in [0.4, 0.5) is 5.82 Å². The molecule has 2 N–H and O–H groups in total. The van der Waals surface area contributed by atoms with E-state index in [1.165, 1.54) is 0 Å². The molecule has 0 aliphatic rings. The Kier molecular flexibility index (Phi) is 8.24. The third-order valence-electron chi connectivity index (χ3n) is 6.35. The van der Waals surface area contributed by atoms with Crippen LogP contribution >= 0.6 is 0 Å². The maximum atomic E-state index is 12.1. The number of rotatable bonds is 11. The van der Waals surface area contributed by atoms with Gasteiger partial charge in [0.15, 0.2) is 0 Å². The molecule has 4 aromatic carbocycles. The van der Waals surface area contributed by atoms with Crippen molar-refractivity contribution in [3.63, 3.8) is 0 Å². The Labute approximate surface area is 228 Å². The van der Waals surface area contributed by atoms with Gasteiger partial charge in [-0.05, 0) is 41.0 Å². The summed E-state index contributed by atoms with van der Waals surface area (Å²) in [6, 6.07) is 36.5. The van der Waals surface area contributed by atoms with E-state index in [4.69, 9.17) is 9.72 Å². The van der Waals surface area contributed by atoms with Gasteiger partial charge in [-0.3, -0.25) is 0 Å². The van der Waals surface area contributed by atoms with Crippen molar-refractivity contribution < 1.29 is 14.6 Å². The van der Waals surface area contributed by atoms with Crippen molar-refractivity contribution in [2.75, 3.05) is 5.32 Å². The fourth-order valence-corrected chi connectivity index (χ4v) is 4.28. The van der Waals surface area contributed by atoms with Crippen LogP contribution in [0.5, 0.6) is 5.75 Å². The second-order valence-electron chi connectivity index (χ2n) is 9.24. The molecule has 1 atom stereocenters. The van der Waals surface area contributed by atoms with Gasteiger partial charge in [-0.1, -0.05) is 91.0 Å². The lowest BCUT2D eigenvalue weighted by molar-refractivity contribution is -0.137. The summed E-state index contributed by atoms with van der Waals surface area (Å²) in [6.07, 6.45) is 2.52. The molecule has 194 valence electrons. The highest BCUT2D eigenvalue weighted by Gasteiger charge is 2.21. The second kappa shape index (κ2) is 12.5. The molecule has 0 radical (unpaired) electrons. The van der Waals surface area contributed by atoms with E-state index in [9.17, 15) is 9.90 Å². The van der Waals surface area contributed by atoms with Crippen molar-refractivity contribution in [3.05, 3.63) is 144 Å². The number of benzene rings is 4. The average molecular weight is 516 g/mol. The lowest BCUT2D eigenvalue weighted by Crippen LogP contribution is -2.32. The topological polar surface area (TPSA) is 84.3 Å². The average Bonchev–Trinajstić information content (AvgIpc) is 2.98. The first-order chi connectivity index (χ1) is 19.1. The van der Waals surface area contributed by atoms with Crippen molar-refractivity contribution in [1.29, 1.82) is 0 Å². The van der Waals surface area contributed by atoms with Crippen LogP contribution in [0.1, 0.15) is 22.4 Å². The van der Waals surface area contributed by atoms with E-state index in [1.807, 2.05) is 115 Å². The third kappa shape index (κ3) is 7.08. The Balaban J connectivity index is 1.38. The van der Waals surface area contributed by atoms with E-state index in [1.54, 1.807) is 6.20 Å². The van der Waals surface area contributed by atoms with Gasteiger partial charge in [-0.2, -0.15) is 0 Å². The fraction of sp³-hybridized carbons (Fsp3) is 0.121. The van der Waals surface area contributed by atoms with Crippen molar-refractivity contribution in [1.82, 2.24) is 9.97 Å². The molecule has 1 heterocycles. The molecule has 0 amide bonds. The first kappa shape index (κ1) is 25.7. The molecule has 39 heavy (non-hydrogen) atoms. The summed E-state index contributed by atoms with van der Waals surface area (Å²) in [5, 5.41) is 13.1. The van der Waals surface area contributed by atoms with E-state index in [0.29, 0.717) is 36.7 Å². The maximum Gasteiger partial charge on any atom is 0.326 e. The summed E-state index contributed by atoms with van der Waals surface area (Å²) in [6.45, 7) is 0.495. The zero-order chi connectivity index (χ0) is 26.9. The number of carboxylic acids is 1. The number of nitrogens with zero attached hydrogens (tertiary/aromatic N) is 2. The van der Waals surface area contributed by atoms with Crippen LogP contribution in [0, 0.1) is 0 Å². The molecular weight excluding hydrogens is 486 g/mol. The SMILES string of the molecule is O=C(O)C(Cc1ccccc1)Nc1ncc(-c2ccc(OCc3ccccc3)cc2)nc1Cc1ccccc1. The van der Waals surface area contributed by atoms with E-state index >= 15 is 0 Å². The zero-order valence-corrected chi connectivity index (χ0v) is 21.4. The van der Waals surface area contributed by atoms with E-state index in [2.05, 4.69) is 10.3 Å². The molecule has 0 fully saturated rings. The fourth-order valence-electron chi connectivity index (χ4n) is 4.28. The lowest BCUT2D eigenvalue weighted by Gasteiger charge is -2.18. The molecule has 0 spiro atoms. The molecular formula is C33H29N3O3. The van der Waals surface area contributed by atoms with Gasteiger partial charge in [0.1, 0.15) is 24.2 Å². The minimum atomic E-state index is -0.943. The highest BCUT2D eigenvalue weighted by atomic mass is 16.5. The second-order valence-corrected chi connectivity index (χ2v) is 9.24. The van der Waals surface area contributed by atoms with Crippen LogP contribution < -0.4 is 10.1 Å².